The van der Waals surface area contributed by atoms with Crippen LogP contribution in [0.3, 0.4) is 0 Å². The van der Waals surface area contributed by atoms with Gasteiger partial charge in [-0.15, -0.1) is 0 Å². The molecule has 208 valence electrons. The third-order valence-corrected chi connectivity index (χ3v) is 10.9. The average molecular weight is 517 g/mol. The largest absolute Gasteiger partial charge is 0.298 e. The van der Waals surface area contributed by atoms with Gasteiger partial charge in [0.15, 0.2) is 0 Å². The Labute approximate surface area is 230 Å². The minimum Gasteiger partial charge on any atom is -0.298 e. The molecule has 0 amide bonds. The zero-order chi connectivity index (χ0) is 26.6. The Morgan fingerprint density at radius 2 is 1.58 bits per heavy atom. The minimum absolute atomic E-state index is 0.156. The summed E-state index contributed by atoms with van der Waals surface area (Å²) in [6, 6.07) is 0. The first-order chi connectivity index (χ1) is 17.1. The number of thioether (sulfide) groups is 1. The highest BCUT2D eigenvalue weighted by Gasteiger charge is 2.39. The summed E-state index contributed by atoms with van der Waals surface area (Å²) in [5.74, 6) is 3.18. The summed E-state index contributed by atoms with van der Waals surface area (Å²) in [4.78, 5) is 13.9. The molecule has 0 aromatic rings. The Morgan fingerprint density at radius 3 is 2.17 bits per heavy atom. The second kappa shape index (κ2) is 15.8. The lowest BCUT2D eigenvalue weighted by atomic mass is 9.64. The van der Waals surface area contributed by atoms with Crippen LogP contribution in [0.1, 0.15) is 145 Å². The van der Waals surface area contributed by atoms with E-state index in [1.54, 1.807) is 0 Å². The molecule has 36 heavy (non-hydrogen) atoms. The first-order valence-electron chi connectivity index (χ1n) is 15.6. The molecule has 0 bridgehead atoms. The van der Waals surface area contributed by atoms with E-state index >= 15 is 0 Å². The van der Waals surface area contributed by atoms with Gasteiger partial charge in [0.2, 0.25) is 0 Å². The maximum Gasteiger partial charge on any atom is 0.146 e. The number of allylic oxidation sites excluding steroid dienone is 4. The van der Waals surface area contributed by atoms with E-state index in [-0.39, 0.29) is 10.7 Å². The number of hydrogen-bond donors (Lipinski definition) is 0. The zero-order valence-corrected chi connectivity index (χ0v) is 26.0. The zero-order valence-electron chi connectivity index (χ0n) is 25.2. The molecule has 0 aromatic carbocycles. The number of hydrogen-bond acceptors (Lipinski definition) is 2. The second-order valence-corrected chi connectivity index (χ2v) is 14.9. The fourth-order valence-corrected chi connectivity index (χ4v) is 8.09. The molecule has 2 heteroatoms. The second-order valence-electron chi connectivity index (χ2n) is 13.6. The van der Waals surface area contributed by atoms with E-state index in [0.717, 1.165) is 25.0 Å². The lowest BCUT2D eigenvalue weighted by Gasteiger charge is -2.42. The highest BCUT2D eigenvalue weighted by molar-refractivity contribution is 8.00. The van der Waals surface area contributed by atoms with E-state index in [1.165, 1.54) is 82.6 Å². The number of rotatable bonds is 17. The molecule has 0 radical (unpaired) electrons. The number of ketones is 1. The van der Waals surface area contributed by atoms with Gasteiger partial charge in [-0.05, 0) is 73.4 Å². The third-order valence-electron chi connectivity index (χ3n) is 9.52. The first kappa shape index (κ1) is 31.7. The van der Waals surface area contributed by atoms with Crippen molar-refractivity contribution >= 4 is 17.5 Å². The minimum atomic E-state index is 0.156. The monoisotopic (exact) mass is 516 g/mol. The maximum atomic E-state index is 13.9. The standard InChI is InChI=1S/C34H60OS/c1-8-9-10-11-12-13-14-15-16-17-24-36-32(26-30-28(3)21-19-23-34(30,6)7)31(35)25-29-27(2)20-18-22-33(29,4)5/h18,20-21,27,29-30,32H,8-17,19,22-26H2,1-7H3. The van der Waals surface area contributed by atoms with Gasteiger partial charge >= 0.3 is 0 Å². The lowest BCUT2D eigenvalue weighted by Crippen LogP contribution is -2.37. The van der Waals surface area contributed by atoms with Crippen LogP contribution in [0.25, 0.3) is 0 Å². The fourth-order valence-electron chi connectivity index (χ4n) is 6.83. The van der Waals surface area contributed by atoms with Gasteiger partial charge in [-0.2, -0.15) is 11.8 Å². The van der Waals surface area contributed by atoms with Gasteiger partial charge in [0.05, 0.1) is 5.25 Å². The van der Waals surface area contributed by atoms with E-state index in [0.29, 0.717) is 29.0 Å². The summed E-state index contributed by atoms with van der Waals surface area (Å²) in [5.41, 5.74) is 2.04. The van der Waals surface area contributed by atoms with Gasteiger partial charge in [0, 0.05) is 6.42 Å². The quantitative estimate of drug-likeness (QED) is 0.141. The summed E-state index contributed by atoms with van der Waals surface area (Å²) < 4.78 is 0. The van der Waals surface area contributed by atoms with Crippen LogP contribution < -0.4 is 0 Å². The molecule has 4 atom stereocenters. The van der Waals surface area contributed by atoms with Gasteiger partial charge in [-0.3, -0.25) is 4.79 Å². The van der Waals surface area contributed by atoms with E-state index in [2.05, 4.69) is 66.7 Å². The molecule has 1 nitrogen and oxygen atoms in total. The average Bonchev–Trinajstić information content (AvgIpc) is 2.80. The van der Waals surface area contributed by atoms with Crippen molar-refractivity contribution in [1.82, 2.24) is 0 Å². The SMILES string of the molecule is CCCCCCCCCCCCSC(CC1C(C)=CCCC1(C)C)C(=O)CC1C(C)C=CCC1(C)C. The predicted octanol–water partition coefficient (Wildman–Crippen LogP) is 11.0. The van der Waals surface area contributed by atoms with Crippen molar-refractivity contribution in [2.75, 3.05) is 5.75 Å². The maximum absolute atomic E-state index is 13.9. The van der Waals surface area contributed by atoms with Crippen molar-refractivity contribution in [2.45, 2.75) is 150 Å². The van der Waals surface area contributed by atoms with Crippen molar-refractivity contribution in [3.8, 4) is 0 Å². The smallest absolute Gasteiger partial charge is 0.146 e. The van der Waals surface area contributed by atoms with Crippen molar-refractivity contribution in [2.24, 2.45) is 28.6 Å². The highest BCUT2D eigenvalue weighted by atomic mass is 32.2. The van der Waals surface area contributed by atoms with Crippen LogP contribution in [0.5, 0.6) is 0 Å². The van der Waals surface area contributed by atoms with Crippen LogP contribution >= 0.6 is 11.8 Å². The van der Waals surface area contributed by atoms with Crippen LogP contribution in [0, 0.1) is 28.6 Å². The number of carbonyl (C=O) groups excluding carboxylic acids is 1. The summed E-state index contributed by atoms with van der Waals surface area (Å²) in [6.07, 6.45) is 26.2. The Balaban J connectivity index is 1.90. The van der Waals surface area contributed by atoms with Crippen LogP contribution in [0.4, 0.5) is 0 Å². The van der Waals surface area contributed by atoms with Crippen LogP contribution in [-0.4, -0.2) is 16.8 Å². The van der Waals surface area contributed by atoms with E-state index in [9.17, 15) is 4.79 Å². The molecule has 0 saturated heterocycles. The van der Waals surface area contributed by atoms with Crippen molar-refractivity contribution in [3.05, 3.63) is 23.8 Å². The lowest BCUT2D eigenvalue weighted by molar-refractivity contribution is -0.121. The van der Waals surface area contributed by atoms with E-state index in [4.69, 9.17) is 0 Å². The molecule has 2 rings (SSSR count). The van der Waals surface area contributed by atoms with Crippen LogP contribution in [0.2, 0.25) is 0 Å². The van der Waals surface area contributed by atoms with Gasteiger partial charge in [-0.25, -0.2) is 0 Å². The van der Waals surface area contributed by atoms with Crippen LogP contribution in [-0.2, 0) is 4.79 Å². The molecule has 0 heterocycles. The van der Waals surface area contributed by atoms with Gasteiger partial charge < -0.3 is 0 Å². The third kappa shape index (κ3) is 10.3. The molecule has 4 unspecified atom stereocenters. The summed E-state index contributed by atoms with van der Waals surface area (Å²) in [7, 11) is 0. The molecule has 2 aliphatic rings. The molecule has 0 saturated carbocycles. The van der Waals surface area contributed by atoms with Crippen molar-refractivity contribution in [3.63, 3.8) is 0 Å². The number of unbranched alkanes of at least 4 members (excludes halogenated alkanes) is 9. The molecule has 0 spiro atoms. The molecule has 2 aliphatic carbocycles. The molecule has 0 aromatic heterocycles. The Hall–Kier alpha value is -0.500. The Morgan fingerprint density at radius 1 is 0.972 bits per heavy atom. The molecule has 0 aliphatic heterocycles. The van der Waals surface area contributed by atoms with Crippen molar-refractivity contribution < 1.29 is 4.79 Å². The van der Waals surface area contributed by atoms with E-state index in [1.807, 2.05) is 11.8 Å². The fraction of sp³-hybridized carbons (Fsp3) is 0.853. The summed E-state index contributed by atoms with van der Waals surface area (Å²) >= 11 is 2.00. The molecular weight excluding hydrogens is 456 g/mol. The molecule has 0 N–H and O–H groups in total. The first-order valence-corrected chi connectivity index (χ1v) is 16.6. The predicted molar refractivity (Wildman–Crippen MR) is 163 cm³/mol. The van der Waals surface area contributed by atoms with Crippen LogP contribution in [0.15, 0.2) is 23.8 Å². The summed E-state index contributed by atoms with van der Waals surface area (Å²) in [6.45, 7) is 16.5. The van der Waals surface area contributed by atoms with E-state index < -0.39 is 0 Å². The van der Waals surface area contributed by atoms with Gasteiger partial charge in [0.25, 0.3) is 0 Å². The number of Topliss-reactive ketones (excluding diaryl/α,β-unsaturated/α-hetero) is 1. The molecule has 0 fully saturated rings. The Kier molecular flexibility index (Phi) is 13.9. The highest BCUT2D eigenvalue weighted by Crippen LogP contribution is 2.46. The van der Waals surface area contributed by atoms with Gasteiger partial charge in [0.1, 0.15) is 5.78 Å². The molecular formula is C34H60OS. The Bertz CT molecular complexity index is 700. The normalized spacial score (nSPS) is 26.0. The van der Waals surface area contributed by atoms with Gasteiger partial charge in [-0.1, -0.05) is 123 Å². The topological polar surface area (TPSA) is 17.1 Å². The summed E-state index contributed by atoms with van der Waals surface area (Å²) in [5, 5.41) is 0.156. The number of carbonyl (C=O) groups is 1. The van der Waals surface area contributed by atoms with Crippen molar-refractivity contribution in [1.29, 1.82) is 0 Å².